The van der Waals surface area contributed by atoms with Gasteiger partial charge in [-0.1, -0.05) is 0 Å². The van der Waals surface area contributed by atoms with E-state index in [1.165, 1.54) is 29.2 Å². The Morgan fingerprint density at radius 2 is 2.00 bits per heavy atom. The molecule has 0 aliphatic carbocycles. The number of benzene rings is 1. The first kappa shape index (κ1) is 13.3. The highest BCUT2D eigenvalue weighted by Gasteiger charge is 2.24. The van der Waals surface area contributed by atoms with Gasteiger partial charge in [0.25, 0.3) is 0 Å². The minimum Gasteiger partial charge on any atom is -0.325 e. The monoisotopic (exact) mass is 266 g/mol. The molecule has 3 amide bonds. The molecule has 1 aromatic rings. The van der Waals surface area contributed by atoms with Gasteiger partial charge in [-0.3, -0.25) is 9.80 Å². The predicted molar refractivity (Wildman–Crippen MR) is 67.5 cm³/mol. The first-order valence-corrected chi connectivity index (χ1v) is 5.93. The summed E-state index contributed by atoms with van der Waals surface area (Å²) in [5.41, 5.74) is 0.487. The minimum absolute atomic E-state index is 0.0656. The van der Waals surface area contributed by atoms with Crippen LogP contribution >= 0.6 is 0 Å². The number of anilines is 1. The molecule has 0 saturated carbocycles. The Morgan fingerprint density at radius 1 is 1.32 bits per heavy atom. The number of hydrogen-bond donors (Lipinski definition) is 2. The van der Waals surface area contributed by atoms with Crippen molar-refractivity contribution < 1.29 is 14.0 Å². The molecule has 6 nitrogen and oxygen atoms in total. The van der Waals surface area contributed by atoms with Gasteiger partial charge in [-0.2, -0.15) is 0 Å². The summed E-state index contributed by atoms with van der Waals surface area (Å²) in [6.07, 6.45) is 0.728. The van der Waals surface area contributed by atoms with Gasteiger partial charge in [0.2, 0.25) is 5.91 Å². The second kappa shape index (κ2) is 5.66. The number of carbonyl (C=O) groups excluding carboxylic acids is 2. The van der Waals surface area contributed by atoms with Gasteiger partial charge in [0.15, 0.2) is 0 Å². The van der Waals surface area contributed by atoms with Gasteiger partial charge < -0.3 is 10.2 Å². The van der Waals surface area contributed by atoms with E-state index < -0.39 is 0 Å². The number of nitrogens with two attached hydrogens (primary N) is 1. The van der Waals surface area contributed by atoms with Crippen molar-refractivity contribution in [2.45, 2.75) is 6.42 Å². The van der Waals surface area contributed by atoms with E-state index in [-0.39, 0.29) is 24.3 Å². The molecule has 102 valence electrons. The number of urea groups is 1. The van der Waals surface area contributed by atoms with Crippen molar-refractivity contribution in [2.24, 2.45) is 5.84 Å². The van der Waals surface area contributed by atoms with Crippen molar-refractivity contribution in [1.82, 2.24) is 9.91 Å². The van der Waals surface area contributed by atoms with Gasteiger partial charge >= 0.3 is 6.03 Å². The Labute approximate surface area is 109 Å². The van der Waals surface area contributed by atoms with E-state index in [4.69, 9.17) is 5.84 Å². The molecular formula is C12H15FN4O2. The molecule has 1 saturated heterocycles. The third-order valence-electron chi connectivity index (χ3n) is 2.81. The zero-order chi connectivity index (χ0) is 13.8. The molecule has 19 heavy (non-hydrogen) atoms. The van der Waals surface area contributed by atoms with Crippen LogP contribution in [0.2, 0.25) is 0 Å². The fourth-order valence-corrected chi connectivity index (χ4v) is 1.86. The van der Waals surface area contributed by atoms with E-state index in [1.54, 1.807) is 0 Å². The highest BCUT2D eigenvalue weighted by Crippen LogP contribution is 2.09. The second-order valence-electron chi connectivity index (χ2n) is 4.31. The van der Waals surface area contributed by atoms with Crippen LogP contribution in [0.25, 0.3) is 0 Å². The quantitative estimate of drug-likeness (QED) is 0.626. The number of rotatable bonds is 3. The summed E-state index contributed by atoms with van der Waals surface area (Å²) in [5.74, 6) is 4.77. The van der Waals surface area contributed by atoms with Crippen LogP contribution in [0, 0.1) is 5.82 Å². The Balaban J connectivity index is 1.90. The number of hydrogen-bond acceptors (Lipinski definition) is 3. The zero-order valence-corrected chi connectivity index (χ0v) is 10.3. The highest BCUT2D eigenvalue weighted by atomic mass is 19.1. The van der Waals surface area contributed by atoms with E-state index in [1.807, 2.05) is 0 Å². The molecule has 0 radical (unpaired) electrons. The molecule has 7 heteroatoms. The molecule has 0 bridgehead atoms. The van der Waals surface area contributed by atoms with Crippen LogP contribution in [0.1, 0.15) is 6.42 Å². The summed E-state index contributed by atoms with van der Waals surface area (Å²) < 4.78 is 12.7. The minimum atomic E-state index is -0.372. The van der Waals surface area contributed by atoms with Gasteiger partial charge in [0.05, 0.1) is 0 Å². The third kappa shape index (κ3) is 3.41. The number of halogens is 1. The molecule has 0 unspecified atom stereocenters. The molecule has 0 spiro atoms. The molecule has 0 aromatic heterocycles. The average molecular weight is 266 g/mol. The van der Waals surface area contributed by atoms with E-state index in [0.29, 0.717) is 18.8 Å². The Hall–Kier alpha value is -2.15. The Morgan fingerprint density at radius 3 is 2.68 bits per heavy atom. The normalized spacial score (nSPS) is 15.6. The summed E-state index contributed by atoms with van der Waals surface area (Å²) in [6.45, 7) is 0.933. The lowest BCUT2D eigenvalue weighted by atomic mass is 10.3. The lowest BCUT2D eigenvalue weighted by Gasteiger charge is -2.32. The topological polar surface area (TPSA) is 78.7 Å². The predicted octanol–water partition coefficient (Wildman–Crippen LogP) is 0.766. The number of carbonyl (C=O) groups is 2. The van der Waals surface area contributed by atoms with Crippen LogP contribution in [0.3, 0.4) is 0 Å². The molecule has 2 rings (SSSR count). The number of nitrogens with one attached hydrogen (secondary N) is 1. The van der Waals surface area contributed by atoms with Crippen LogP contribution in [0.5, 0.6) is 0 Å². The SMILES string of the molecule is NN1CCCN(CC(=O)Nc2ccc(F)cc2)C1=O. The van der Waals surface area contributed by atoms with Gasteiger partial charge in [-0.05, 0) is 30.7 Å². The largest absolute Gasteiger partial charge is 0.334 e. The molecule has 0 atom stereocenters. The molecule has 1 aliphatic rings. The van der Waals surface area contributed by atoms with Gasteiger partial charge in [-0.15, -0.1) is 0 Å². The van der Waals surface area contributed by atoms with Crippen molar-refractivity contribution >= 4 is 17.6 Å². The standard InChI is InChI=1S/C12H15FN4O2/c13-9-2-4-10(5-3-9)15-11(18)8-16-6-1-7-17(14)12(16)19/h2-5H,1,6-8,14H2,(H,15,18). The summed E-state index contributed by atoms with van der Waals surface area (Å²) in [4.78, 5) is 24.8. The van der Waals surface area contributed by atoms with Crippen LogP contribution in [-0.2, 0) is 4.79 Å². The van der Waals surface area contributed by atoms with Crippen molar-refractivity contribution in [1.29, 1.82) is 0 Å². The van der Waals surface area contributed by atoms with Gasteiger partial charge in [0.1, 0.15) is 12.4 Å². The lowest BCUT2D eigenvalue weighted by Crippen LogP contribution is -2.54. The summed E-state index contributed by atoms with van der Waals surface area (Å²) in [5, 5.41) is 3.68. The van der Waals surface area contributed by atoms with Crippen LogP contribution in [0.4, 0.5) is 14.9 Å². The Bertz CT molecular complexity index is 477. The van der Waals surface area contributed by atoms with E-state index in [0.717, 1.165) is 11.4 Å². The maximum Gasteiger partial charge on any atom is 0.334 e. The van der Waals surface area contributed by atoms with Crippen molar-refractivity contribution in [3.05, 3.63) is 30.1 Å². The van der Waals surface area contributed by atoms with Crippen LogP contribution < -0.4 is 11.2 Å². The first-order valence-electron chi connectivity index (χ1n) is 5.93. The molecule has 1 heterocycles. The summed E-state index contributed by atoms with van der Waals surface area (Å²) >= 11 is 0. The van der Waals surface area contributed by atoms with Gasteiger partial charge in [0, 0.05) is 18.8 Å². The van der Waals surface area contributed by atoms with E-state index in [2.05, 4.69) is 5.32 Å². The maximum atomic E-state index is 12.7. The second-order valence-corrected chi connectivity index (χ2v) is 4.31. The number of amides is 3. The van der Waals surface area contributed by atoms with E-state index in [9.17, 15) is 14.0 Å². The zero-order valence-electron chi connectivity index (χ0n) is 10.3. The molecule has 1 aliphatic heterocycles. The van der Waals surface area contributed by atoms with Gasteiger partial charge in [-0.25, -0.2) is 15.0 Å². The van der Waals surface area contributed by atoms with Crippen molar-refractivity contribution in [3.8, 4) is 0 Å². The maximum absolute atomic E-state index is 12.7. The lowest BCUT2D eigenvalue weighted by molar-refractivity contribution is -0.117. The van der Waals surface area contributed by atoms with Crippen molar-refractivity contribution in [2.75, 3.05) is 25.0 Å². The summed E-state index contributed by atoms with van der Waals surface area (Å²) in [6, 6.07) is 5.06. The highest BCUT2D eigenvalue weighted by molar-refractivity contribution is 5.94. The first-order chi connectivity index (χ1) is 9.06. The Kier molecular flexibility index (Phi) is 3.96. The molecular weight excluding hydrogens is 251 g/mol. The molecule has 1 aromatic carbocycles. The number of nitrogens with zero attached hydrogens (tertiary/aromatic N) is 2. The average Bonchev–Trinajstić information content (AvgIpc) is 2.38. The van der Waals surface area contributed by atoms with Crippen molar-refractivity contribution in [3.63, 3.8) is 0 Å². The molecule has 1 fully saturated rings. The van der Waals surface area contributed by atoms with Crippen LogP contribution in [0.15, 0.2) is 24.3 Å². The summed E-state index contributed by atoms with van der Waals surface area (Å²) in [7, 11) is 0. The van der Waals surface area contributed by atoms with E-state index >= 15 is 0 Å². The number of hydrazine groups is 1. The smallest absolute Gasteiger partial charge is 0.325 e. The fraction of sp³-hybridized carbons (Fsp3) is 0.333. The fourth-order valence-electron chi connectivity index (χ4n) is 1.86. The third-order valence-corrected chi connectivity index (χ3v) is 2.81. The molecule has 3 N–H and O–H groups in total. The van der Waals surface area contributed by atoms with Crippen LogP contribution in [-0.4, -0.2) is 41.5 Å².